The topological polar surface area (TPSA) is 9.23 Å². The van der Waals surface area contributed by atoms with E-state index in [1.165, 1.54) is 24.3 Å². The highest BCUT2D eigenvalue weighted by Gasteiger charge is 2.74. The summed E-state index contributed by atoms with van der Waals surface area (Å²) in [6, 6.07) is 14.7. The van der Waals surface area contributed by atoms with Gasteiger partial charge in [-0.25, -0.2) is 4.39 Å². The number of hydrogen-bond donors (Lipinski definition) is 0. The molecule has 0 fully saturated rings. The molecule has 2 aromatic carbocycles. The van der Waals surface area contributed by atoms with Gasteiger partial charge in [-0.15, -0.1) is 0 Å². The van der Waals surface area contributed by atoms with E-state index in [0.29, 0.717) is 5.56 Å². The van der Waals surface area contributed by atoms with Crippen LogP contribution in [0.3, 0.4) is 0 Å². The molecule has 1 atom stereocenters. The van der Waals surface area contributed by atoms with Crippen molar-refractivity contribution in [3.8, 4) is 11.1 Å². The van der Waals surface area contributed by atoms with Crippen molar-refractivity contribution >= 4 is 0 Å². The molecular formula is C19H17F7O. The number of halogens is 7. The summed E-state index contributed by atoms with van der Waals surface area (Å²) in [4.78, 5) is 0. The lowest BCUT2D eigenvalue weighted by Crippen LogP contribution is -2.56. The summed E-state index contributed by atoms with van der Waals surface area (Å²) in [6.45, 7) is 0.996. The van der Waals surface area contributed by atoms with E-state index < -0.39 is 30.0 Å². The third kappa shape index (κ3) is 4.10. The van der Waals surface area contributed by atoms with Gasteiger partial charge >= 0.3 is 18.0 Å². The lowest BCUT2D eigenvalue weighted by Gasteiger charge is -2.38. The summed E-state index contributed by atoms with van der Waals surface area (Å²) in [5, 5.41) is 0. The van der Waals surface area contributed by atoms with Gasteiger partial charge in [0.15, 0.2) is 0 Å². The van der Waals surface area contributed by atoms with E-state index in [1.54, 1.807) is 30.3 Å². The summed E-state index contributed by atoms with van der Waals surface area (Å²) in [5.41, 5.74) is -6.03. The van der Waals surface area contributed by atoms with Gasteiger partial charge in [0.1, 0.15) is 0 Å². The molecule has 0 spiro atoms. The summed E-state index contributed by atoms with van der Waals surface area (Å²) < 4.78 is 96.6. The predicted octanol–water partition coefficient (Wildman–Crippen LogP) is 6.44. The standard InChI is InChI=1S/C19H17F7O/c1-16(27-2,12-17(20,18(21,22)23)19(24,25)26)15-10-8-14(9-11-15)13-6-4-3-5-7-13/h3-11H,12H2,1-2H3. The third-order valence-electron chi connectivity index (χ3n) is 4.53. The van der Waals surface area contributed by atoms with E-state index >= 15 is 0 Å². The maximum absolute atomic E-state index is 14.2. The molecule has 148 valence electrons. The van der Waals surface area contributed by atoms with Crippen LogP contribution in [0.2, 0.25) is 0 Å². The second-order valence-electron chi connectivity index (χ2n) is 6.35. The van der Waals surface area contributed by atoms with E-state index in [1.807, 2.05) is 0 Å². The van der Waals surface area contributed by atoms with E-state index in [-0.39, 0.29) is 5.56 Å². The van der Waals surface area contributed by atoms with Gasteiger partial charge in [0.2, 0.25) is 0 Å². The van der Waals surface area contributed by atoms with Gasteiger partial charge in [0, 0.05) is 13.5 Å². The molecule has 0 heterocycles. The fourth-order valence-electron chi connectivity index (χ4n) is 2.76. The van der Waals surface area contributed by atoms with Crippen molar-refractivity contribution in [2.75, 3.05) is 7.11 Å². The number of methoxy groups -OCH3 is 1. The van der Waals surface area contributed by atoms with Gasteiger partial charge in [-0.2, -0.15) is 26.3 Å². The quantitative estimate of drug-likeness (QED) is 0.531. The monoisotopic (exact) mass is 394 g/mol. The third-order valence-corrected chi connectivity index (χ3v) is 4.53. The molecule has 0 radical (unpaired) electrons. The molecule has 2 rings (SSSR count). The van der Waals surface area contributed by atoms with Gasteiger partial charge in [0.25, 0.3) is 0 Å². The van der Waals surface area contributed by atoms with Crippen LogP contribution in [-0.4, -0.2) is 25.1 Å². The van der Waals surface area contributed by atoms with Crippen molar-refractivity contribution in [2.45, 2.75) is 37.0 Å². The molecular weight excluding hydrogens is 377 g/mol. The Labute approximate surface area is 151 Å². The fourth-order valence-corrected chi connectivity index (χ4v) is 2.76. The van der Waals surface area contributed by atoms with Crippen LogP contribution in [0, 0.1) is 0 Å². The van der Waals surface area contributed by atoms with E-state index in [4.69, 9.17) is 4.74 Å². The van der Waals surface area contributed by atoms with Gasteiger partial charge in [-0.1, -0.05) is 54.6 Å². The Morgan fingerprint density at radius 3 is 1.56 bits per heavy atom. The zero-order valence-corrected chi connectivity index (χ0v) is 14.5. The van der Waals surface area contributed by atoms with Gasteiger partial charge in [0.05, 0.1) is 5.60 Å². The number of alkyl halides is 7. The average molecular weight is 394 g/mol. The second-order valence-corrected chi connectivity index (χ2v) is 6.35. The first-order valence-electron chi connectivity index (χ1n) is 7.87. The van der Waals surface area contributed by atoms with Crippen LogP contribution < -0.4 is 0 Å². The Kier molecular flexibility index (Phi) is 5.61. The normalized spacial score (nSPS) is 15.4. The second kappa shape index (κ2) is 7.14. The molecule has 1 nitrogen and oxygen atoms in total. The molecule has 0 aromatic heterocycles. The average Bonchev–Trinajstić information content (AvgIpc) is 2.60. The maximum Gasteiger partial charge on any atom is 0.431 e. The zero-order valence-electron chi connectivity index (χ0n) is 14.5. The Bertz CT molecular complexity index is 736. The fraction of sp³-hybridized carbons (Fsp3) is 0.368. The molecule has 2 aromatic rings. The highest BCUT2D eigenvalue weighted by Crippen LogP contribution is 2.52. The van der Waals surface area contributed by atoms with Crippen LogP contribution in [0.15, 0.2) is 54.6 Å². The minimum absolute atomic E-state index is 0.000191. The number of hydrogen-bond acceptors (Lipinski definition) is 1. The summed E-state index contributed by atoms with van der Waals surface area (Å²) >= 11 is 0. The molecule has 27 heavy (non-hydrogen) atoms. The molecule has 0 amide bonds. The number of ether oxygens (including phenoxy) is 1. The summed E-state index contributed by atoms with van der Waals surface area (Å²) in [6.07, 6.45) is -14.2. The molecule has 0 bridgehead atoms. The predicted molar refractivity (Wildman–Crippen MR) is 86.8 cm³/mol. The number of rotatable bonds is 5. The Balaban J connectivity index is 2.41. The van der Waals surface area contributed by atoms with Crippen LogP contribution in [0.4, 0.5) is 30.7 Å². The Morgan fingerprint density at radius 2 is 1.15 bits per heavy atom. The SMILES string of the molecule is COC(C)(CC(F)(C(F)(F)F)C(F)(F)F)c1ccc(-c2ccccc2)cc1. The molecule has 0 aliphatic heterocycles. The van der Waals surface area contributed by atoms with Crippen molar-refractivity contribution in [1.82, 2.24) is 0 Å². The first-order valence-corrected chi connectivity index (χ1v) is 7.87. The van der Waals surface area contributed by atoms with Crippen LogP contribution >= 0.6 is 0 Å². The largest absolute Gasteiger partial charge is 0.431 e. The molecule has 0 aliphatic rings. The summed E-state index contributed by atoms with van der Waals surface area (Å²) in [5.74, 6) is 0. The first kappa shape index (κ1) is 21.2. The van der Waals surface area contributed by atoms with Gasteiger partial charge in [-0.3, -0.25) is 0 Å². The maximum atomic E-state index is 14.2. The molecule has 0 aliphatic carbocycles. The van der Waals surface area contributed by atoms with Crippen molar-refractivity contribution in [3.05, 3.63) is 60.2 Å². The van der Waals surface area contributed by atoms with Crippen molar-refractivity contribution in [3.63, 3.8) is 0 Å². The molecule has 0 saturated heterocycles. The van der Waals surface area contributed by atoms with Crippen LogP contribution in [0.25, 0.3) is 11.1 Å². The first-order chi connectivity index (χ1) is 12.3. The minimum atomic E-state index is -6.13. The van der Waals surface area contributed by atoms with Crippen molar-refractivity contribution in [1.29, 1.82) is 0 Å². The van der Waals surface area contributed by atoms with Gasteiger partial charge in [-0.05, 0) is 23.6 Å². The lowest BCUT2D eigenvalue weighted by molar-refractivity contribution is -0.353. The van der Waals surface area contributed by atoms with Crippen molar-refractivity contribution in [2.24, 2.45) is 0 Å². The molecule has 0 N–H and O–H groups in total. The van der Waals surface area contributed by atoms with Crippen LogP contribution in [0.5, 0.6) is 0 Å². The Hall–Kier alpha value is -2.09. The summed E-state index contributed by atoms with van der Waals surface area (Å²) in [7, 11) is 0.943. The van der Waals surface area contributed by atoms with Crippen LogP contribution in [0.1, 0.15) is 18.9 Å². The van der Waals surface area contributed by atoms with E-state index in [0.717, 1.165) is 19.6 Å². The zero-order chi connectivity index (χ0) is 20.5. The number of benzene rings is 2. The van der Waals surface area contributed by atoms with Gasteiger partial charge < -0.3 is 4.74 Å². The highest BCUT2D eigenvalue weighted by atomic mass is 19.4. The molecule has 8 heteroatoms. The smallest absolute Gasteiger partial charge is 0.374 e. The highest BCUT2D eigenvalue weighted by molar-refractivity contribution is 5.63. The lowest BCUT2D eigenvalue weighted by atomic mass is 9.82. The van der Waals surface area contributed by atoms with E-state index in [2.05, 4.69) is 0 Å². The minimum Gasteiger partial charge on any atom is -0.374 e. The van der Waals surface area contributed by atoms with E-state index in [9.17, 15) is 30.7 Å². The molecule has 0 saturated carbocycles. The molecule has 1 unspecified atom stereocenters. The van der Waals surface area contributed by atoms with Crippen LogP contribution in [-0.2, 0) is 10.3 Å². The Morgan fingerprint density at radius 1 is 0.704 bits per heavy atom. The van der Waals surface area contributed by atoms with Crippen molar-refractivity contribution < 1.29 is 35.5 Å².